The summed E-state index contributed by atoms with van der Waals surface area (Å²) < 4.78 is 12.2. The number of rotatable bonds is 8. The van der Waals surface area contributed by atoms with Crippen LogP contribution in [0.15, 0.2) is 94.8 Å². The van der Waals surface area contributed by atoms with E-state index in [0.717, 1.165) is 22.3 Å². The first kappa shape index (κ1) is 29.1. The predicted molar refractivity (Wildman–Crippen MR) is 176 cm³/mol. The van der Waals surface area contributed by atoms with E-state index in [0.29, 0.717) is 40.0 Å². The highest BCUT2D eigenvalue weighted by atomic mass is 32.2. The standard InChI is InChI=1S/C35H29N3O5S2/c1-3-42-26-12-7-10-22(18-26)30-29(31(39)23-14-15-28-25(17-23)16-20(2)43-28)32(40)33(41)38(30)34-36-37-35(45-34)44-19-24-11-6-9-21-8-4-5-13-27(21)24/h4-15,17-18,20,30,39H,3,16,19H2,1-2H3/b31-29+/t20-,30-/m0/s1. The number of carbonyl (C=O) groups is 2. The van der Waals surface area contributed by atoms with Crippen molar-refractivity contribution < 1.29 is 24.2 Å². The number of aliphatic hydroxyl groups is 1. The van der Waals surface area contributed by atoms with E-state index < -0.39 is 17.7 Å². The van der Waals surface area contributed by atoms with Gasteiger partial charge in [-0.1, -0.05) is 77.7 Å². The lowest BCUT2D eigenvalue weighted by molar-refractivity contribution is -0.132. The number of hydrogen-bond donors (Lipinski definition) is 1. The van der Waals surface area contributed by atoms with Crippen molar-refractivity contribution in [3.8, 4) is 11.5 Å². The molecule has 4 aromatic carbocycles. The van der Waals surface area contributed by atoms with Gasteiger partial charge in [0.1, 0.15) is 23.4 Å². The predicted octanol–water partition coefficient (Wildman–Crippen LogP) is 7.33. The SMILES string of the molecule is CCOc1cccc([C@H]2/C(=C(\O)c3ccc4c(c3)C[C@H](C)O4)C(=O)C(=O)N2c2nnc(SCc3cccc4ccccc34)s2)c1. The Kier molecular flexibility index (Phi) is 7.76. The average Bonchev–Trinajstić information content (AvgIpc) is 3.74. The normalized spacial score (nSPS) is 18.8. The van der Waals surface area contributed by atoms with Crippen molar-refractivity contribution >= 4 is 56.5 Å². The maximum atomic E-state index is 13.7. The van der Waals surface area contributed by atoms with Crippen molar-refractivity contribution in [2.24, 2.45) is 0 Å². The highest BCUT2D eigenvalue weighted by Gasteiger charge is 2.48. The zero-order chi connectivity index (χ0) is 31.1. The molecule has 1 amide bonds. The molecule has 1 fully saturated rings. The van der Waals surface area contributed by atoms with Crippen molar-refractivity contribution in [1.29, 1.82) is 0 Å². The molecule has 3 heterocycles. The Balaban J connectivity index is 1.26. The lowest BCUT2D eigenvalue weighted by Gasteiger charge is -2.23. The van der Waals surface area contributed by atoms with E-state index in [1.165, 1.54) is 33.4 Å². The maximum absolute atomic E-state index is 13.7. The van der Waals surface area contributed by atoms with Crippen LogP contribution in [-0.4, -0.2) is 39.7 Å². The summed E-state index contributed by atoms with van der Waals surface area (Å²) in [6.07, 6.45) is 0.712. The van der Waals surface area contributed by atoms with Gasteiger partial charge in [-0.15, -0.1) is 10.2 Å². The van der Waals surface area contributed by atoms with Crippen molar-refractivity contribution in [3.05, 3.63) is 113 Å². The minimum Gasteiger partial charge on any atom is -0.507 e. The van der Waals surface area contributed by atoms with Gasteiger partial charge in [-0.05, 0) is 71.6 Å². The van der Waals surface area contributed by atoms with E-state index >= 15 is 0 Å². The molecule has 1 aromatic heterocycles. The summed E-state index contributed by atoms with van der Waals surface area (Å²) in [5.74, 6) is 0.193. The molecular weight excluding hydrogens is 607 g/mol. The topological polar surface area (TPSA) is 102 Å². The highest BCUT2D eigenvalue weighted by Crippen LogP contribution is 2.45. The van der Waals surface area contributed by atoms with Gasteiger partial charge in [-0.25, -0.2) is 0 Å². The fourth-order valence-electron chi connectivity index (χ4n) is 5.93. The minimum atomic E-state index is -0.933. The number of ether oxygens (including phenoxy) is 2. The summed E-state index contributed by atoms with van der Waals surface area (Å²) in [7, 11) is 0. The monoisotopic (exact) mass is 635 g/mol. The largest absolute Gasteiger partial charge is 0.507 e. The summed E-state index contributed by atoms with van der Waals surface area (Å²) in [6, 6.07) is 26.0. The third kappa shape index (κ3) is 5.44. The first-order chi connectivity index (χ1) is 21.9. The Hall–Kier alpha value is -4.67. The van der Waals surface area contributed by atoms with Crippen molar-refractivity contribution in [1.82, 2.24) is 10.2 Å². The second kappa shape index (κ2) is 12.0. The van der Waals surface area contributed by atoms with Gasteiger partial charge in [0.2, 0.25) is 5.13 Å². The van der Waals surface area contributed by atoms with Crippen LogP contribution in [0.1, 0.15) is 42.1 Å². The Bertz CT molecular complexity index is 1980. The summed E-state index contributed by atoms with van der Waals surface area (Å²) in [4.78, 5) is 28.8. The van der Waals surface area contributed by atoms with Gasteiger partial charge in [0.15, 0.2) is 4.34 Å². The van der Waals surface area contributed by atoms with Crippen LogP contribution in [-0.2, 0) is 21.8 Å². The van der Waals surface area contributed by atoms with Crippen LogP contribution in [0, 0.1) is 0 Å². The van der Waals surface area contributed by atoms with E-state index in [4.69, 9.17) is 9.47 Å². The molecule has 2 aliphatic rings. The third-order valence-corrected chi connectivity index (χ3v) is 10.0. The molecule has 0 radical (unpaired) electrons. The molecule has 0 saturated carbocycles. The average molecular weight is 636 g/mol. The number of thioether (sulfide) groups is 1. The molecule has 0 spiro atoms. The van der Waals surface area contributed by atoms with Crippen molar-refractivity contribution in [2.75, 3.05) is 11.5 Å². The molecular formula is C35H29N3O5S2. The summed E-state index contributed by atoms with van der Waals surface area (Å²) in [5.41, 5.74) is 3.14. The number of ketones is 1. The molecule has 10 heteroatoms. The Labute approximate surface area is 268 Å². The molecule has 1 saturated heterocycles. The zero-order valence-corrected chi connectivity index (χ0v) is 26.2. The molecule has 1 N–H and O–H groups in total. The molecule has 226 valence electrons. The van der Waals surface area contributed by atoms with Gasteiger partial charge in [0, 0.05) is 17.7 Å². The van der Waals surface area contributed by atoms with Crippen LogP contribution < -0.4 is 14.4 Å². The second-order valence-corrected chi connectivity index (χ2v) is 13.1. The Morgan fingerprint density at radius 3 is 2.73 bits per heavy atom. The first-order valence-electron chi connectivity index (χ1n) is 14.7. The van der Waals surface area contributed by atoms with E-state index in [-0.39, 0.29) is 22.6 Å². The van der Waals surface area contributed by atoms with E-state index in [1.807, 2.05) is 50.2 Å². The number of carbonyl (C=O) groups excluding carboxylic acids is 2. The number of anilines is 1. The number of Topliss-reactive ketones (excluding diaryl/α,β-unsaturated/α-hetero) is 1. The fraction of sp³-hybridized carbons (Fsp3) is 0.200. The maximum Gasteiger partial charge on any atom is 0.301 e. The molecule has 2 atom stereocenters. The van der Waals surface area contributed by atoms with Gasteiger partial charge in [-0.3, -0.25) is 14.5 Å². The number of aromatic nitrogens is 2. The summed E-state index contributed by atoms with van der Waals surface area (Å²) in [6.45, 7) is 4.32. The van der Waals surface area contributed by atoms with Crippen LogP contribution in [0.3, 0.4) is 0 Å². The van der Waals surface area contributed by atoms with Gasteiger partial charge in [0.05, 0.1) is 18.2 Å². The minimum absolute atomic E-state index is 0.0132. The van der Waals surface area contributed by atoms with Gasteiger partial charge in [-0.2, -0.15) is 0 Å². The lowest BCUT2D eigenvalue weighted by atomic mass is 9.94. The quantitative estimate of drug-likeness (QED) is 0.0622. The van der Waals surface area contributed by atoms with Crippen LogP contribution in [0.4, 0.5) is 5.13 Å². The number of aliphatic hydroxyl groups excluding tert-OH is 1. The Morgan fingerprint density at radius 2 is 1.87 bits per heavy atom. The molecule has 8 nitrogen and oxygen atoms in total. The van der Waals surface area contributed by atoms with Crippen LogP contribution in [0.5, 0.6) is 11.5 Å². The summed E-state index contributed by atoms with van der Waals surface area (Å²) in [5, 5.41) is 23.0. The third-order valence-electron chi connectivity index (χ3n) is 7.93. The molecule has 0 bridgehead atoms. The Morgan fingerprint density at radius 1 is 1.04 bits per heavy atom. The van der Waals surface area contributed by atoms with E-state index in [2.05, 4.69) is 34.5 Å². The second-order valence-electron chi connectivity index (χ2n) is 10.9. The number of benzene rings is 4. The van der Waals surface area contributed by atoms with Gasteiger partial charge >= 0.3 is 5.91 Å². The zero-order valence-electron chi connectivity index (χ0n) is 24.6. The van der Waals surface area contributed by atoms with E-state index in [9.17, 15) is 14.7 Å². The molecule has 45 heavy (non-hydrogen) atoms. The highest BCUT2D eigenvalue weighted by molar-refractivity contribution is 8.00. The van der Waals surface area contributed by atoms with E-state index in [1.54, 1.807) is 24.3 Å². The number of fused-ring (bicyclic) bond motifs is 2. The molecule has 0 aliphatic carbocycles. The smallest absolute Gasteiger partial charge is 0.301 e. The molecule has 5 aromatic rings. The number of amides is 1. The van der Waals surface area contributed by atoms with Gasteiger partial charge < -0.3 is 14.6 Å². The number of nitrogens with zero attached hydrogens (tertiary/aromatic N) is 3. The molecule has 0 unspecified atom stereocenters. The van der Waals surface area contributed by atoms with Crippen LogP contribution in [0.2, 0.25) is 0 Å². The molecule has 7 rings (SSSR count). The van der Waals surface area contributed by atoms with Crippen molar-refractivity contribution in [2.45, 2.75) is 42.5 Å². The first-order valence-corrected chi connectivity index (χ1v) is 16.5. The fourth-order valence-corrected chi connectivity index (χ4v) is 7.80. The number of hydrogen-bond acceptors (Lipinski definition) is 9. The lowest BCUT2D eigenvalue weighted by Crippen LogP contribution is -2.29. The van der Waals surface area contributed by atoms with Crippen molar-refractivity contribution in [3.63, 3.8) is 0 Å². The van der Waals surface area contributed by atoms with Gasteiger partial charge in [0.25, 0.3) is 5.78 Å². The van der Waals surface area contributed by atoms with Crippen LogP contribution in [0.25, 0.3) is 16.5 Å². The molecule has 2 aliphatic heterocycles. The van der Waals surface area contributed by atoms with Crippen LogP contribution >= 0.6 is 23.1 Å². The summed E-state index contributed by atoms with van der Waals surface area (Å²) >= 11 is 2.76.